The second kappa shape index (κ2) is 4.97. The van der Waals surface area contributed by atoms with Crippen LogP contribution in [-0.4, -0.2) is 12.1 Å². The lowest BCUT2D eigenvalue weighted by atomic mass is 9.80. The maximum absolute atomic E-state index is 3.89. The lowest BCUT2D eigenvalue weighted by Crippen LogP contribution is -2.45. The Labute approximate surface area is 90.0 Å². The zero-order valence-corrected chi connectivity index (χ0v) is 10.8. The normalized spacial score (nSPS) is 16.8. The maximum Gasteiger partial charge on any atom is 0.0330 e. The van der Waals surface area contributed by atoms with E-state index in [1.54, 1.807) is 0 Å². The summed E-state index contributed by atoms with van der Waals surface area (Å²) in [6.07, 6.45) is 3.11. The van der Waals surface area contributed by atoms with Crippen LogP contribution < -0.4 is 5.32 Å². The van der Waals surface area contributed by atoms with Crippen LogP contribution >= 0.6 is 0 Å². The van der Waals surface area contributed by atoms with Crippen LogP contribution in [0.2, 0.25) is 0 Å². The lowest BCUT2D eigenvalue weighted by molar-refractivity contribution is 0.215. The highest BCUT2D eigenvalue weighted by atomic mass is 15.0. The summed E-state index contributed by atoms with van der Waals surface area (Å²) in [6.45, 7) is 18.5. The molecule has 14 heavy (non-hydrogen) atoms. The van der Waals surface area contributed by atoms with Crippen molar-refractivity contribution in [3.8, 4) is 0 Å². The van der Waals surface area contributed by atoms with Crippen molar-refractivity contribution < 1.29 is 0 Å². The molecule has 1 nitrogen and oxygen atoms in total. The van der Waals surface area contributed by atoms with Crippen LogP contribution in [0, 0.1) is 11.3 Å². The minimum atomic E-state index is 0.0894. The van der Waals surface area contributed by atoms with Crippen molar-refractivity contribution >= 4 is 0 Å². The minimum absolute atomic E-state index is 0.0894. The van der Waals surface area contributed by atoms with E-state index in [1.807, 2.05) is 6.08 Å². The number of hydrogen-bond acceptors (Lipinski definition) is 1. The van der Waals surface area contributed by atoms with Crippen molar-refractivity contribution in [1.29, 1.82) is 0 Å². The third-order valence-electron chi connectivity index (χ3n) is 3.70. The van der Waals surface area contributed by atoms with Gasteiger partial charge in [-0.15, -0.1) is 6.58 Å². The highest BCUT2D eigenvalue weighted by Crippen LogP contribution is 2.26. The fraction of sp³-hybridized carbons (Fsp3) is 0.846. The molecule has 1 N–H and O–H groups in total. The van der Waals surface area contributed by atoms with Gasteiger partial charge < -0.3 is 5.32 Å². The summed E-state index contributed by atoms with van der Waals surface area (Å²) in [5, 5.41) is 3.60. The van der Waals surface area contributed by atoms with Gasteiger partial charge in [0.1, 0.15) is 0 Å². The van der Waals surface area contributed by atoms with Gasteiger partial charge in [0, 0.05) is 12.1 Å². The van der Waals surface area contributed by atoms with Crippen LogP contribution in [-0.2, 0) is 0 Å². The van der Waals surface area contributed by atoms with Gasteiger partial charge in [0.2, 0.25) is 0 Å². The molecular formula is C13H27N. The molecule has 0 aromatic rings. The Morgan fingerprint density at radius 2 is 1.79 bits per heavy atom. The summed E-state index contributed by atoms with van der Waals surface area (Å²) in [4.78, 5) is 0. The van der Waals surface area contributed by atoms with E-state index in [2.05, 4.69) is 53.4 Å². The standard InChI is InChI=1S/C13H27N/c1-8-13(7,9-2)14-10-12(5,6)11(3)4/h8,11,14H,1,9-10H2,2-7H3. The van der Waals surface area contributed by atoms with Crippen LogP contribution in [0.15, 0.2) is 12.7 Å². The van der Waals surface area contributed by atoms with Gasteiger partial charge in [0.15, 0.2) is 0 Å². The molecule has 0 fully saturated rings. The number of nitrogens with one attached hydrogen (secondary N) is 1. The molecule has 0 heterocycles. The van der Waals surface area contributed by atoms with Crippen LogP contribution in [0.1, 0.15) is 48.0 Å². The minimum Gasteiger partial charge on any atom is -0.308 e. The van der Waals surface area contributed by atoms with Gasteiger partial charge in [-0.3, -0.25) is 0 Å². The second-order valence-electron chi connectivity index (χ2n) is 5.47. The smallest absolute Gasteiger partial charge is 0.0330 e. The van der Waals surface area contributed by atoms with E-state index in [0.717, 1.165) is 13.0 Å². The maximum atomic E-state index is 3.89. The van der Waals surface area contributed by atoms with Gasteiger partial charge in [-0.1, -0.05) is 40.7 Å². The lowest BCUT2D eigenvalue weighted by Gasteiger charge is -2.35. The zero-order chi connectivity index (χ0) is 11.4. The van der Waals surface area contributed by atoms with E-state index in [-0.39, 0.29) is 5.54 Å². The monoisotopic (exact) mass is 197 g/mol. The number of hydrogen-bond donors (Lipinski definition) is 1. The summed E-state index contributed by atoms with van der Waals surface area (Å²) in [5.74, 6) is 0.695. The van der Waals surface area contributed by atoms with E-state index >= 15 is 0 Å². The van der Waals surface area contributed by atoms with Crippen LogP contribution in [0.4, 0.5) is 0 Å². The second-order valence-corrected chi connectivity index (χ2v) is 5.47. The quantitative estimate of drug-likeness (QED) is 0.641. The summed E-state index contributed by atoms with van der Waals surface area (Å²) in [5.41, 5.74) is 0.436. The predicted octanol–water partition coefficient (Wildman–Crippen LogP) is 3.61. The largest absolute Gasteiger partial charge is 0.308 e. The molecule has 0 saturated carbocycles. The summed E-state index contributed by atoms with van der Waals surface area (Å²) in [7, 11) is 0. The van der Waals surface area contributed by atoms with E-state index < -0.39 is 0 Å². The molecule has 0 aliphatic rings. The van der Waals surface area contributed by atoms with Crippen molar-refractivity contribution in [3.63, 3.8) is 0 Å². The molecule has 0 rings (SSSR count). The Morgan fingerprint density at radius 3 is 2.07 bits per heavy atom. The van der Waals surface area contributed by atoms with E-state index in [0.29, 0.717) is 11.3 Å². The van der Waals surface area contributed by atoms with Crippen molar-refractivity contribution in [2.24, 2.45) is 11.3 Å². The topological polar surface area (TPSA) is 12.0 Å². The van der Waals surface area contributed by atoms with E-state index in [9.17, 15) is 0 Å². The average molecular weight is 197 g/mol. The van der Waals surface area contributed by atoms with Gasteiger partial charge >= 0.3 is 0 Å². The Balaban J connectivity index is 4.23. The van der Waals surface area contributed by atoms with Gasteiger partial charge in [0.05, 0.1) is 0 Å². The van der Waals surface area contributed by atoms with Gasteiger partial charge in [-0.25, -0.2) is 0 Å². The van der Waals surface area contributed by atoms with Gasteiger partial charge in [-0.05, 0) is 24.7 Å². The molecule has 84 valence electrons. The summed E-state index contributed by atoms with van der Waals surface area (Å²) >= 11 is 0. The Hall–Kier alpha value is -0.300. The molecule has 0 spiro atoms. The molecule has 1 atom stereocenters. The molecule has 1 unspecified atom stereocenters. The molecule has 1 heteroatoms. The molecule has 0 aromatic heterocycles. The van der Waals surface area contributed by atoms with Crippen LogP contribution in [0.3, 0.4) is 0 Å². The van der Waals surface area contributed by atoms with Crippen molar-refractivity contribution in [2.75, 3.05) is 6.54 Å². The first-order valence-electron chi connectivity index (χ1n) is 5.66. The molecular weight excluding hydrogens is 170 g/mol. The third-order valence-corrected chi connectivity index (χ3v) is 3.70. The third kappa shape index (κ3) is 3.83. The molecule has 0 aliphatic carbocycles. The van der Waals surface area contributed by atoms with Crippen molar-refractivity contribution in [3.05, 3.63) is 12.7 Å². The molecule has 0 amide bonds. The van der Waals surface area contributed by atoms with Crippen molar-refractivity contribution in [1.82, 2.24) is 5.32 Å². The first-order chi connectivity index (χ1) is 6.27. The van der Waals surface area contributed by atoms with Crippen LogP contribution in [0.25, 0.3) is 0 Å². The first-order valence-corrected chi connectivity index (χ1v) is 5.66. The summed E-state index contributed by atoms with van der Waals surface area (Å²) in [6, 6.07) is 0. The Morgan fingerprint density at radius 1 is 1.29 bits per heavy atom. The highest BCUT2D eigenvalue weighted by Gasteiger charge is 2.25. The van der Waals surface area contributed by atoms with E-state index in [1.165, 1.54) is 0 Å². The fourth-order valence-electron chi connectivity index (χ4n) is 0.975. The SMILES string of the molecule is C=CC(C)(CC)NCC(C)(C)C(C)C. The molecule has 0 radical (unpaired) electrons. The molecule has 0 bridgehead atoms. The first kappa shape index (κ1) is 13.7. The number of rotatable bonds is 6. The highest BCUT2D eigenvalue weighted by molar-refractivity contribution is 4.99. The Bertz CT molecular complexity index is 182. The van der Waals surface area contributed by atoms with Crippen molar-refractivity contribution in [2.45, 2.75) is 53.5 Å². The molecule has 0 aromatic carbocycles. The average Bonchev–Trinajstić information content (AvgIpc) is 2.14. The summed E-state index contributed by atoms with van der Waals surface area (Å²) < 4.78 is 0. The van der Waals surface area contributed by atoms with Crippen LogP contribution in [0.5, 0.6) is 0 Å². The van der Waals surface area contributed by atoms with E-state index in [4.69, 9.17) is 0 Å². The molecule has 0 saturated heterocycles. The predicted molar refractivity (Wildman–Crippen MR) is 65.5 cm³/mol. The molecule has 0 aliphatic heterocycles. The van der Waals surface area contributed by atoms with Gasteiger partial charge in [-0.2, -0.15) is 0 Å². The fourth-order valence-corrected chi connectivity index (χ4v) is 0.975. The van der Waals surface area contributed by atoms with Gasteiger partial charge in [0.25, 0.3) is 0 Å². The Kier molecular flexibility index (Phi) is 4.87. The zero-order valence-electron chi connectivity index (χ0n) is 10.8.